The van der Waals surface area contributed by atoms with E-state index in [0.29, 0.717) is 28.7 Å². The van der Waals surface area contributed by atoms with E-state index in [1.165, 1.54) is 0 Å². The average Bonchev–Trinajstić information content (AvgIpc) is 2.13. The van der Waals surface area contributed by atoms with Crippen LogP contribution >= 0.6 is 10.8 Å². The number of nitrogens with two attached hydrogens (primary N) is 1. The number of benzene rings is 1. The summed E-state index contributed by atoms with van der Waals surface area (Å²) < 4.78 is 29.3. The summed E-state index contributed by atoms with van der Waals surface area (Å²) >= 11 is 0. The highest BCUT2D eigenvalue weighted by Gasteiger charge is 2.05. The molecular weight excluding hydrogens is 234 g/mol. The Labute approximate surface area is 93.0 Å². The maximum Gasteiger partial charge on any atom is 0.319 e. The van der Waals surface area contributed by atoms with Gasteiger partial charge in [-0.1, -0.05) is 18.2 Å². The molecule has 6 heteroatoms. The molecule has 0 spiro atoms. The standard InChI is InChI=1S/C9H13NO3S2/c10-9-6-2-1-4-8(9)5-3-7-14-15(11,12)13/h1-2,4,6H,3,5,7,10H2,(H,11,12,13). The van der Waals surface area contributed by atoms with E-state index in [9.17, 15) is 8.42 Å². The van der Waals surface area contributed by atoms with Gasteiger partial charge < -0.3 is 5.73 Å². The lowest BCUT2D eigenvalue weighted by atomic mass is 10.1. The minimum absolute atomic E-state index is 0.368. The maximum absolute atomic E-state index is 10.4. The van der Waals surface area contributed by atoms with Gasteiger partial charge in [0, 0.05) is 11.4 Å². The summed E-state index contributed by atoms with van der Waals surface area (Å²) in [4.78, 5) is 0. The van der Waals surface area contributed by atoms with E-state index in [1.807, 2.05) is 24.3 Å². The number of aryl methyl sites for hydroxylation is 1. The van der Waals surface area contributed by atoms with Crippen molar-refractivity contribution in [3.63, 3.8) is 0 Å². The van der Waals surface area contributed by atoms with Crippen LogP contribution in [0.5, 0.6) is 0 Å². The molecule has 0 aliphatic heterocycles. The van der Waals surface area contributed by atoms with Gasteiger partial charge in [-0.15, -0.1) is 0 Å². The van der Waals surface area contributed by atoms with E-state index in [0.717, 1.165) is 12.0 Å². The third-order valence-electron chi connectivity index (χ3n) is 1.88. The van der Waals surface area contributed by atoms with Crippen molar-refractivity contribution >= 4 is 25.6 Å². The summed E-state index contributed by atoms with van der Waals surface area (Å²) in [6, 6.07) is 7.46. The summed E-state index contributed by atoms with van der Waals surface area (Å²) in [7, 11) is -3.36. The van der Waals surface area contributed by atoms with Crippen molar-refractivity contribution < 1.29 is 13.0 Å². The molecular formula is C9H13NO3S2. The molecule has 0 aromatic heterocycles. The van der Waals surface area contributed by atoms with Crippen LogP contribution in [0.3, 0.4) is 0 Å². The van der Waals surface area contributed by atoms with Gasteiger partial charge in [-0.2, -0.15) is 8.42 Å². The number of anilines is 1. The van der Waals surface area contributed by atoms with Crippen LogP contribution in [0.1, 0.15) is 12.0 Å². The fraction of sp³-hybridized carbons (Fsp3) is 0.333. The lowest BCUT2D eigenvalue weighted by Crippen LogP contribution is -1.97. The van der Waals surface area contributed by atoms with Crippen LogP contribution in [0.25, 0.3) is 0 Å². The van der Waals surface area contributed by atoms with Crippen molar-refractivity contribution in [3.05, 3.63) is 29.8 Å². The zero-order valence-electron chi connectivity index (χ0n) is 8.09. The van der Waals surface area contributed by atoms with Gasteiger partial charge in [0.25, 0.3) is 0 Å². The molecule has 1 aromatic carbocycles. The molecule has 0 bridgehead atoms. The van der Waals surface area contributed by atoms with Crippen molar-refractivity contribution in [1.82, 2.24) is 0 Å². The van der Waals surface area contributed by atoms with Crippen LogP contribution in [-0.2, 0) is 15.6 Å². The minimum atomic E-state index is -3.90. The summed E-state index contributed by atoms with van der Waals surface area (Å²) in [6.45, 7) is 0. The van der Waals surface area contributed by atoms with Crippen LogP contribution in [0.2, 0.25) is 0 Å². The third-order valence-corrected chi connectivity index (χ3v) is 4.02. The summed E-state index contributed by atoms with van der Waals surface area (Å²) in [5.41, 5.74) is 7.44. The molecule has 1 aromatic rings. The van der Waals surface area contributed by atoms with Crippen LogP contribution in [0, 0.1) is 0 Å². The topological polar surface area (TPSA) is 80.4 Å². The Hall–Kier alpha value is -0.720. The van der Waals surface area contributed by atoms with E-state index in [-0.39, 0.29) is 0 Å². The Morgan fingerprint density at radius 2 is 2.00 bits per heavy atom. The number of rotatable bonds is 5. The predicted molar refractivity (Wildman–Crippen MR) is 63.2 cm³/mol. The molecule has 0 fully saturated rings. The van der Waals surface area contributed by atoms with Crippen LogP contribution in [0.15, 0.2) is 24.3 Å². The predicted octanol–water partition coefficient (Wildman–Crippen LogP) is 1.74. The molecule has 84 valence electrons. The third kappa shape index (κ3) is 5.06. The van der Waals surface area contributed by atoms with Gasteiger partial charge in [0.2, 0.25) is 0 Å². The van der Waals surface area contributed by atoms with Crippen LogP contribution < -0.4 is 5.73 Å². The number of hydrogen-bond donors (Lipinski definition) is 2. The zero-order chi connectivity index (χ0) is 11.3. The van der Waals surface area contributed by atoms with Crippen molar-refractivity contribution in [2.45, 2.75) is 12.8 Å². The molecule has 0 aliphatic rings. The molecule has 0 aliphatic carbocycles. The molecule has 4 nitrogen and oxygen atoms in total. The Kier molecular flexibility index (Phi) is 4.44. The molecule has 0 saturated heterocycles. The fourth-order valence-electron chi connectivity index (χ4n) is 1.19. The van der Waals surface area contributed by atoms with Gasteiger partial charge in [-0.05, 0) is 35.3 Å². The van der Waals surface area contributed by atoms with Gasteiger partial charge in [-0.3, -0.25) is 4.55 Å². The molecule has 3 N–H and O–H groups in total. The SMILES string of the molecule is Nc1ccccc1CCCSS(=O)(=O)O. The number of hydrogen-bond acceptors (Lipinski definition) is 4. The van der Waals surface area contributed by atoms with E-state index < -0.39 is 9.15 Å². The quantitative estimate of drug-likeness (QED) is 0.358. The summed E-state index contributed by atoms with van der Waals surface area (Å²) in [5.74, 6) is 0.368. The molecule has 0 amide bonds. The Morgan fingerprint density at radius 3 is 2.60 bits per heavy atom. The first-order chi connectivity index (χ1) is 6.99. The Balaban J connectivity index is 2.36. The van der Waals surface area contributed by atoms with Gasteiger partial charge in [-0.25, -0.2) is 0 Å². The second-order valence-corrected chi connectivity index (χ2v) is 6.52. The molecule has 0 radical (unpaired) electrons. The molecule has 15 heavy (non-hydrogen) atoms. The minimum Gasteiger partial charge on any atom is -0.399 e. The lowest BCUT2D eigenvalue weighted by Gasteiger charge is -2.03. The summed E-state index contributed by atoms with van der Waals surface area (Å²) in [6.07, 6.45) is 1.38. The summed E-state index contributed by atoms with van der Waals surface area (Å²) in [5, 5.41) is 0. The molecule has 1 rings (SSSR count). The number of nitrogen functional groups attached to an aromatic ring is 1. The van der Waals surface area contributed by atoms with Gasteiger partial charge in [0.15, 0.2) is 0 Å². The number of para-hydroxylation sites is 1. The highest BCUT2D eigenvalue weighted by atomic mass is 33.1. The Bertz CT molecular complexity index is 417. The normalized spacial score (nSPS) is 11.5. The second kappa shape index (κ2) is 5.39. The van der Waals surface area contributed by atoms with Crippen LogP contribution in [0.4, 0.5) is 5.69 Å². The Morgan fingerprint density at radius 1 is 1.33 bits per heavy atom. The second-order valence-electron chi connectivity index (χ2n) is 3.05. The van der Waals surface area contributed by atoms with Crippen molar-refractivity contribution in [2.75, 3.05) is 11.5 Å². The van der Waals surface area contributed by atoms with Gasteiger partial charge in [0.05, 0.1) is 0 Å². The maximum atomic E-state index is 10.4. The van der Waals surface area contributed by atoms with E-state index in [2.05, 4.69) is 0 Å². The van der Waals surface area contributed by atoms with Gasteiger partial charge in [0.1, 0.15) is 0 Å². The molecule has 0 unspecified atom stereocenters. The molecule has 0 saturated carbocycles. The highest BCUT2D eigenvalue weighted by molar-refractivity contribution is 8.69. The first kappa shape index (κ1) is 12.4. The van der Waals surface area contributed by atoms with Crippen molar-refractivity contribution in [3.8, 4) is 0 Å². The van der Waals surface area contributed by atoms with Gasteiger partial charge >= 0.3 is 9.15 Å². The first-order valence-electron chi connectivity index (χ1n) is 4.44. The smallest absolute Gasteiger partial charge is 0.319 e. The monoisotopic (exact) mass is 247 g/mol. The van der Waals surface area contributed by atoms with E-state index in [4.69, 9.17) is 10.3 Å². The van der Waals surface area contributed by atoms with E-state index >= 15 is 0 Å². The van der Waals surface area contributed by atoms with Crippen molar-refractivity contribution in [1.29, 1.82) is 0 Å². The van der Waals surface area contributed by atoms with E-state index in [1.54, 1.807) is 0 Å². The lowest BCUT2D eigenvalue weighted by molar-refractivity contribution is 0.503. The van der Waals surface area contributed by atoms with Crippen molar-refractivity contribution in [2.24, 2.45) is 0 Å². The molecule has 0 heterocycles. The first-order valence-corrected chi connectivity index (χ1v) is 7.38. The largest absolute Gasteiger partial charge is 0.399 e. The highest BCUT2D eigenvalue weighted by Crippen LogP contribution is 2.16. The average molecular weight is 247 g/mol. The van der Waals surface area contributed by atoms with Crippen LogP contribution in [-0.4, -0.2) is 18.7 Å². The fourth-order valence-corrected chi connectivity index (χ4v) is 2.65. The zero-order valence-corrected chi connectivity index (χ0v) is 9.72. The molecule has 0 atom stereocenters.